The van der Waals surface area contributed by atoms with Crippen LogP contribution in [0.15, 0.2) is 35.2 Å². The number of aromatic hydroxyl groups is 1. The number of hydrogen-bond acceptors (Lipinski definition) is 5. The average molecular weight is 312 g/mol. The van der Waals surface area contributed by atoms with Gasteiger partial charge in [0, 0.05) is 9.75 Å². The lowest BCUT2D eigenvalue weighted by Gasteiger charge is -2.13. The molecule has 1 unspecified atom stereocenters. The van der Waals surface area contributed by atoms with Crippen molar-refractivity contribution in [1.82, 2.24) is 4.72 Å². The lowest BCUT2D eigenvalue weighted by atomic mass is 10.3. The third-order valence-electron chi connectivity index (χ3n) is 2.83. The third-order valence-corrected chi connectivity index (χ3v) is 5.55. The van der Waals surface area contributed by atoms with Gasteiger partial charge in [-0.3, -0.25) is 0 Å². The van der Waals surface area contributed by atoms with E-state index in [1.807, 2.05) is 19.1 Å². The van der Waals surface area contributed by atoms with Gasteiger partial charge in [0.2, 0.25) is 10.0 Å². The SMILES string of the molecule is Cc1ccc(C(C)NS(=O)(=O)c2ccc(O)c(N)c2)s1. The number of phenolic OH excluding ortho intramolecular Hbond substituents is 1. The standard InChI is InChI=1S/C13H16N2O3S2/c1-8-3-6-13(19-8)9(2)15-20(17,18)10-4-5-12(16)11(14)7-10/h3-7,9,15-16H,14H2,1-2H3. The van der Waals surface area contributed by atoms with E-state index in [0.717, 1.165) is 9.75 Å². The maximum absolute atomic E-state index is 12.2. The second-order valence-electron chi connectivity index (χ2n) is 4.51. The highest BCUT2D eigenvalue weighted by molar-refractivity contribution is 7.89. The summed E-state index contributed by atoms with van der Waals surface area (Å²) >= 11 is 1.55. The minimum Gasteiger partial charge on any atom is -0.506 e. The largest absolute Gasteiger partial charge is 0.506 e. The Bertz CT molecular complexity index is 723. The van der Waals surface area contributed by atoms with Crippen molar-refractivity contribution in [3.8, 4) is 5.75 Å². The normalized spacial score (nSPS) is 13.3. The summed E-state index contributed by atoms with van der Waals surface area (Å²) in [6.45, 7) is 3.75. The molecule has 0 aliphatic heterocycles. The summed E-state index contributed by atoms with van der Waals surface area (Å²) < 4.78 is 27.1. The molecule has 0 aliphatic carbocycles. The van der Waals surface area contributed by atoms with Gasteiger partial charge in [-0.2, -0.15) is 0 Å². The molecule has 0 saturated carbocycles. The molecule has 7 heteroatoms. The monoisotopic (exact) mass is 312 g/mol. The molecule has 1 atom stereocenters. The first-order chi connectivity index (χ1) is 9.29. The average Bonchev–Trinajstić information content (AvgIpc) is 2.79. The summed E-state index contributed by atoms with van der Waals surface area (Å²) in [5, 5.41) is 9.33. The number of sulfonamides is 1. The van der Waals surface area contributed by atoms with Gasteiger partial charge in [0.25, 0.3) is 0 Å². The van der Waals surface area contributed by atoms with Crippen LogP contribution in [-0.2, 0) is 10.0 Å². The van der Waals surface area contributed by atoms with Crippen LogP contribution in [-0.4, -0.2) is 13.5 Å². The second-order valence-corrected chi connectivity index (χ2v) is 7.55. The molecule has 1 heterocycles. The molecule has 0 radical (unpaired) electrons. The molecule has 0 aliphatic rings. The number of thiophene rings is 1. The Labute approximate surface area is 122 Å². The molecule has 0 bridgehead atoms. The van der Waals surface area contributed by atoms with Gasteiger partial charge in [0.05, 0.1) is 16.6 Å². The van der Waals surface area contributed by atoms with E-state index >= 15 is 0 Å². The first kappa shape index (κ1) is 14.8. The fourth-order valence-corrected chi connectivity index (χ4v) is 3.96. The fourth-order valence-electron chi connectivity index (χ4n) is 1.74. The van der Waals surface area contributed by atoms with Crippen molar-refractivity contribution in [2.24, 2.45) is 0 Å². The molecule has 1 aromatic heterocycles. The van der Waals surface area contributed by atoms with Gasteiger partial charge >= 0.3 is 0 Å². The summed E-state index contributed by atoms with van der Waals surface area (Å²) in [5.41, 5.74) is 5.56. The topological polar surface area (TPSA) is 92.4 Å². The quantitative estimate of drug-likeness (QED) is 0.597. The van der Waals surface area contributed by atoms with E-state index in [-0.39, 0.29) is 22.4 Å². The van der Waals surface area contributed by atoms with E-state index in [2.05, 4.69) is 4.72 Å². The van der Waals surface area contributed by atoms with Crippen LogP contribution in [0.3, 0.4) is 0 Å². The van der Waals surface area contributed by atoms with Crippen molar-refractivity contribution in [2.75, 3.05) is 5.73 Å². The van der Waals surface area contributed by atoms with E-state index in [4.69, 9.17) is 5.73 Å². The maximum Gasteiger partial charge on any atom is 0.241 e. The smallest absolute Gasteiger partial charge is 0.241 e. The van der Waals surface area contributed by atoms with Crippen molar-refractivity contribution in [3.63, 3.8) is 0 Å². The van der Waals surface area contributed by atoms with E-state index in [0.29, 0.717) is 0 Å². The number of nitrogens with two attached hydrogens (primary N) is 1. The van der Waals surface area contributed by atoms with E-state index < -0.39 is 10.0 Å². The van der Waals surface area contributed by atoms with Crippen LogP contribution in [0.1, 0.15) is 22.7 Å². The summed E-state index contributed by atoms with van der Waals surface area (Å²) in [6, 6.07) is 7.35. The summed E-state index contributed by atoms with van der Waals surface area (Å²) in [7, 11) is -3.67. The van der Waals surface area contributed by atoms with Crippen LogP contribution in [0.4, 0.5) is 5.69 Å². The van der Waals surface area contributed by atoms with Gasteiger partial charge in [-0.15, -0.1) is 11.3 Å². The molecule has 20 heavy (non-hydrogen) atoms. The molecule has 0 spiro atoms. The van der Waals surface area contributed by atoms with Gasteiger partial charge < -0.3 is 10.8 Å². The third kappa shape index (κ3) is 3.12. The molecule has 2 aromatic rings. The van der Waals surface area contributed by atoms with Gasteiger partial charge in [0.1, 0.15) is 5.75 Å². The number of nitrogens with one attached hydrogen (secondary N) is 1. The van der Waals surface area contributed by atoms with Crippen LogP contribution in [0.2, 0.25) is 0 Å². The molecule has 0 saturated heterocycles. The van der Waals surface area contributed by atoms with Crippen molar-refractivity contribution in [2.45, 2.75) is 24.8 Å². The van der Waals surface area contributed by atoms with Crippen LogP contribution < -0.4 is 10.5 Å². The highest BCUT2D eigenvalue weighted by atomic mass is 32.2. The predicted molar refractivity (Wildman–Crippen MR) is 80.3 cm³/mol. The predicted octanol–water partition coefficient (Wildman–Crippen LogP) is 2.38. The van der Waals surface area contributed by atoms with Crippen LogP contribution in [0, 0.1) is 6.92 Å². The maximum atomic E-state index is 12.2. The number of phenols is 1. The van der Waals surface area contributed by atoms with Gasteiger partial charge in [-0.25, -0.2) is 13.1 Å². The van der Waals surface area contributed by atoms with Crippen molar-refractivity contribution in [3.05, 3.63) is 40.1 Å². The fraction of sp³-hybridized carbons (Fsp3) is 0.231. The Morgan fingerprint density at radius 1 is 1.30 bits per heavy atom. The van der Waals surface area contributed by atoms with Crippen molar-refractivity contribution in [1.29, 1.82) is 0 Å². The van der Waals surface area contributed by atoms with E-state index in [1.165, 1.54) is 18.2 Å². The van der Waals surface area contributed by atoms with Gasteiger partial charge in [-0.05, 0) is 44.2 Å². The Kier molecular flexibility index (Phi) is 4.03. The Morgan fingerprint density at radius 3 is 2.55 bits per heavy atom. The highest BCUT2D eigenvalue weighted by Crippen LogP contribution is 2.26. The van der Waals surface area contributed by atoms with Crippen molar-refractivity contribution >= 4 is 27.0 Å². The molecule has 1 aromatic carbocycles. The molecule has 0 amide bonds. The molecule has 0 fully saturated rings. The lowest BCUT2D eigenvalue weighted by Crippen LogP contribution is -2.26. The Balaban J connectivity index is 2.24. The minimum absolute atomic E-state index is 0.0347. The number of aryl methyl sites for hydroxylation is 1. The number of hydrogen-bond donors (Lipinski definition) is 3. The van der Waals surface area contributed by atoms with Gasteiger partial charge in [-0.1, -0.05) is 0 Å². The van der Waals surface area contributed by atoms with Crippen LogP contribution in [0.25, 0.3) is 0 Å². The zero-order chi connectivity index (χ0) is 14.9. The Morgan fingerprint density at radius 2 is 2.00 bits per heavy atom. The molecule has 5 nitrogen and oxygen atoms in total. The van der Waals surface area contributed by atoms with E-state index in [1.54, 1.807) is 18.3 Å². The number of benzene rings is 1. The highest BCUT2D eigenvalue weighted by Gasteiger charge is 2.20. The molecule has 2 rings (SSSR count). The van der Waals surface area contributed by atoms with Crippen LogP contribution in [0.5, 0.6) is 5.75 Å². The van der Waals surface area contributed by atoms with Crippen molar-refractivity contribution < 1.29 is 13.5 Å². The second kappa shape index (κ2) is 5.43. The van der Waals surface area contributed by atoms with E-state index in [9.17, 15) is 13.5 Å². The Hall–Kier alpha value is -1.57. The number of anilines is 1. The summed E-state index contributed by atoms with van der Waals surface area (Å²) in [4.78, 5) is 2.10. The first-order valence-corrected chi connectivity index (χ1v) is 8.27. The summed E-state index contributed by atoms with van der Waals surface area (Å²) in [5.74, 6) is -0.133. The van der Waals surface area contributed by atoms with Crippen LogP contribution >= 0.6 is 11.3 Å². The molecule has 4 N–H and O–H groups in total. The number of nitrogen functional groups attached to an aromatic ring is 1. The van der Waals surface area contributed by atoms with Gasteiger partial charge in [0.15, 0.2) is 0 Å². The zero-order valence-electron chi connectivity index (χ0n) is 11.1. The first-order valence-electron chi connectivity index (χ1n) is 5.97. The minimum atomic E-state index is -3.67. The number of rotatable bonds is 4. The molecular formula is C13H16N2O3S2. The molecular weight excluding hydrogens is 296 g/mol. The lowest BCUT2D eigenvalue weighted by molar-refractivity contribution is 0.477. The summed E-state index contributed by atoms with van der Waals surface area (Å²) in [6.07, 6.45) is 0. The molecule has 108 valence electrons. The zero-order valence-corrected chi connectivity index (χ0v) is 12.8.